The van der Waals surface area contributed by atoms with Gasteiger partial charge < -0.3 is 24.3 Å². The molecule has 13 nitrogen and oxygen atoms in total. The molecule has 1 saturated heterocycles. The molecule has 0 radical (unpaired) electrons. The number of nitrogens with one attached hydrogen (secondary N) is 1. The molecule has 6 rings (SSSR count). The minimum atomic E-state index is -1.16. The van der Waals surface area contributed by atoms with Gasteiger partial charge in [0.05, 0.1) is 25.2 Å². The van der Waals surface area contributed by atoms with Crippen molar-refractivity contribution in [3.05, 3.63) is 53.7 Å². The van der Waals surface area contributed by atoms with Gasteiger partial charge in [-0.15, -0.1) is 15.0 Å². The molecule has 1 atom stereocenters. The second-order valence-corrected chi connectivity index (χ2v) is 12.2. The van der Waals surface area contributed by atoms with Crippen LogP contribution < -0.4 is 19.5 Å². The second kappa shape index (κ2) is 11.5. The molecule has 2 aromatic carbocycles. The maximum Gasteiger partial charge on any atom is 0.313 e. The fourth-order valence-corrected chi connectivity index (χ4v) is 5.77. The number of carbonyl (C=O) groups excluding carboxylic acids is 3. The zero-order valence-electron chi connectivity index (χ0n) is 25.7. The largest absolute Gasteiger partial charge is 0.496 e. The van der Waals surface area contributed by atoms with Crippen LogP contribution in [0.1, 0.15) is 54.5 Å². The van der Waals surface area contributed by atoms with E-state index < -0.39 is 28.7 Å². The van der Waals surface area contributed by atoms with Crippen molar-refractivity contribution in [2.24, 2.45) is 11.3 Å². The Bertz CT molecular complexity index is 1810. The fraction of sp³-hybridized carbons (Fsp3) is 0.406. The number of pyridine rings is 1. The van der Waals surface area contributed by atoms with Crippen LogP contribution in [0.4, 0.5) is 0 Å². The van der Waals surface area contributed by atoms with Gasteiger partial charge in [-0.25, -0.2) is 4.98 Å². The summed E-state index contributed by atoms with van der Waals surface area (Å²) in [5.74, 6) is -0.888. The SMILES string of the molecule is COc1cc(C(=O)C2C(=O)c3cc(-c4nnn(COC(=O)C(C)(C)C)n4)ccc3OC23CCNCC3)nc2c(OC)cccc12. The van der Waals surface area contributed by atoms with E-state index in [1.807, 2.05) is 12.1 Å². The standard InChI is InChI=1S/C32H34N6O7/c1-31(2,3)30(41)44-17-38-36-29(35-37-38)18-9-10-22-20(15-18)27(39)25(32(45-22)11-13-33-14-12-32)28(40)21-16-24(43-5)19-7-6-8-23(42-4)26(19)34-21/h6-10,15-16,25,33H,11-14,17H2,1-5H3. The van der Waals surface area contributed by atoms with E-state index in [0.29, 0.717) is 59.6 Å². The first-order chi connectivity index (χ1) is 21.5. The third-order valence-corrected chi connectivity index (χ3v) is 8.15. The highest BCUT2D eigenvalue weighted by Crippen LogP contribution is 2.45. The first kappa shape index (κ1) is 30.1. The summed E-state index contributed by atoms with van der Waals surface area (Å²) in [4.78, 5) is 46.8. The van der Waals surface area contributed by atoms with Crippen LogP contribution in [0.15, 0.2) is 42.5 Å². The Morgan fingerprint density at radius 3 is 2.53 bits per heavy atom. The number of carbonyl (C=O) groups is 3. The molecule has 0 saturated carbocycles. The second-order valence-electron chi connectivity index (χ2n) is 12.2. The van der Waals surface area contributed by atoms with E-state index in [4.69, 9.17) is 18.9 Å². The summed E-state index contributed by atoms with van der Waals surface area (Å²) < 4.78 is 23.0. The normalized spacial score (nSPS) is 17.4. The number of Topliss-reactive ketones (excluding diaryl/α,β-unsaturated/α-hetero) is 2. The Hall–Kier alpha value is -4.91. The van der Waals surface area contributed by atoms with Gasteiger partial charge in [-0.2, -0.15) is 0 Å². The van der Waals surface area contributed by atoms with E-state index in [1.165, 1.54) is 14.2 Å². The number of methoxy groups -OCH3 is 2. The first-order valence-corrected chi connectivity index (χ1v) is 14.6. The molecule has 4 heterocycles. The van der Waals surface area contributed by atoms with E-state index in [1.54, 1.807) is 51.1 Å². The molecule has 0 aliphatic carbocycles. The maximum absolute atomic E-state index is 14.4. The van der Waals surface area contributed by atoms with Crippen molar-refractivity contribution in [2.45, 2.75) is 45.9 Å². The molecule has 2 aromatic heterocycles. The summed E-state index contributed by atoms with van der Waals surface area (Å²) in [6.45, 7) is 6.20. The Kier molecular flexibility index (Phi) is 7.73. The molecule has 0 bridgehead atoms. The molecular weight excluding hydrogens is 580 g/mol. The van der Waals surface area contributed by atoms with Gasteiger partial charge in [0.1, 0.15) is 40.0 Å². The summed E-state index contributed by atoms with van der Waals surface area (Å²) in [6, 6.07) is 12.0. The average Bonchev–Trinajstić information content (AvgIpc) is 3.51. The van der Waals surface area contributed by atoms with E-state index in [0.717, 1.165) is 4.80 Å². The van der Waals surface area contributed by atoms with Crippen molar-refractivity contribution in [3.8, 4) is 28.6 Å². The van der Waals surface area contributed by atoms with E-state index >= 15 is 0 Å². The number of benzene rings is 2. The van der Waals surface area contributed by atoms with Gasteiger partial charge in [-0.05, 0) is 69.4 Å². The average molecular weight is 615 g/mol. The molecule has 4 aromatic rings. The van der Waals surface area contributed by atoms with Crippen molar-refractivity contribution >= 4 is 28.4 Å². The monoisotopic (exact) mass is 614 g/mol. The van der Waals surface area contributed by atoms with Gasteiger partial charge in [-0.3, -0.25) is 14.4 Å². The minimum Gasteiger partial charge on any atom is -0.496 e. The van der Waals surface area contributed by atoms with Gasteiger partial charge >= 0.3 is 5.97 Å². The van der Waals surface area contributed by atoms with Crippen LogP contribution in [0.5, 0.6) is 17.2 Å². The number of nitrogens with zero attached hydrogens (tertiary/aromatic N) is 5. The molecule has 45 heavy (non-hydrogen) atoms. The maximum atomic E-state index is 14.4. The molecule has 1 fully saturated rings. The van der Waals surface area contributed by atoms with Crippen LogP contribution >= 0.6 is 0 Å². The van der Waals surface area contributed by atoms with Gasteiger partial charge in [-0.1, -0.05) is 6.07 Å². The van der Waals surface area contributed by atoms with Crippen LogP contribution in [0.3, 0.4) is 0 Å². The number of para-hydroxylation sites is 1. The molecule has 13 heteroatoms. The lowest BCUT2D eigenvalue weighted by atomic mass is 9.71. The zero-order valence-corrected chi connectivity index (χ0v) is 25.7. The van der Waals surface area contributed by atoms with Crippen molar-refractivity contribution in [1.82, 2.24) is 30.5 Å². The smallest absolute Gasteiger partial charge is 0.313 e. The number of rotatable bonds is 7. The lowest BCUT2D eigenvalue weighted by molar-refractivity contribution is -0.157. The summed E-state index contributed by atoms with van der Waals surface area (Å²) in [7, 11) is 3.04. The van der Waals surface area contributed by atoms with Crippen LogP contribution in [-0.2, 0) is 16.3 Å². The van der Waals surface area contributed by atoms with E-state index in [2.05, 4.69) is 25.7 Å². The number of ether oxygens (including phenoxy) is 4. The van der Waals surface area contributed by atoms with Gasteiger partial charge in [0.15, 0.2) is 11.6 Å². The molecule has 2 aliphatic heterocycles. The van der Waals surface area contributed by atoms with E-state index in [9.17, 15) is 14.4 Å². The number of hydrogen-bond donors (Lipinski definition) is 1. The minimum absolute atomic E-state index is 0.0812. The molecule has 234 valence electrons. The molecule has 2 aliphatic rings. The van der Waals surface area contributed by atoms with Crippen molar-refractivity contribution in [1.29, 1.82) is 0 Å². The third kappa shape index (κ3) is 5.48. The number of fused-ring (bicyclic) bond motifs is 2. The van der Waals surface area contributed by atoms with Gasteiger partial charge in [0.25, 0.3) is 0 Å². The zero-order chi connectivity index (χ0) is 31.9. The van der Waals surface area contributed by atoms with Crippen LogP contribution in [0.25, 0.3) is 22.3 Å². The van der Waals surface area contributed by atoms with Crippen LogP contribution in [-0.4, -0.2) is 75.6 Å². The highest BCUT2D eigenvalue weighted by molar-refractivity contribution is 6.19. The highest BCUT2D eigenvalue weighted by Gasteiger charge is 2.54. The quantitative estimate of drug-likeness (QED) is 0.183. The highest BCUT2D eigenvalue weighted by atomic mass is 16.5. The predicted octanol–water partition coefficient (Wildman–Crippen LogP) is 3.65. The summed E-state index contributed by atoms with van der Waals surface area (Å²) >= 11 is 0. The lowest BCUT2D eigenvalue weighted by Gasteiger charge is -2.45. The van der Waals surface area contributed by atoms with Gasteiger partial charge in [0, 0.05) is 29.9 Å². The predicted molar refractivity (Wildman–Crippen MR) is 161 cm³/mol. The van der Waals surface area contributed by atoms with E-state index in [-0.39, 0.29) is 29.6 Å². The van der Waals surface area contributed by atoms with Crippen LogP contribution in [0, 0.1) is 11.3 Å². The Balaban J connectivity index is 1.36. The summed E-state index contributed by atoms with van der Waals surface area (Å²) in [5, 5.41) is 16.3. The number of tetrazole rings is 1. The Morgan fingerprint density at radius 1 is 1.07 bits per heavy atom. The third-order valence-electron chi connectivity index (χ3n) is 8.15. The Morgan fingerprint density at radius 2 is 1.82 bits per heavy atom. The van der Waals surface area contributed by atoms with Gasteiger partial charge in [0.2, 0.25) is 12.6 Å². The van der Waals surface area contributed by atoms with Crippen molar-refractivity contribution < 1.29 is 33.3 Å². The van der Waals surface area contributed by atoms with Crippen molar-refractivity contribution in [3.63, 3.8) is 0 Å². The number of aromatic nitrogens is 5. The molecule has 1 spiro atoms. The Labute approximate surface area is 259 Å². The molecule has 0 amide bonds. The summed E-state index contributed by atoms with van der Waals surface area (Å²) in [5.41, 5.74) is -0.481. The number of esters is 1. The van der Waals surface area contributed by atoms with Crippen molar-refractivity contribution in [2.75, 3.05) is 27.3 Å². The topological polar surface area (TPSA) is 157 Å². The molecular formula is C32H34N6O7. The number of ketones is 2. The molecule has 1 N–H and O–H groups in total. The molecule has 1 unspecified atom stereocenters. The van der Waals surface area contributed by atoms with Crippen LogP contribution in [0.2, 0.25) is 0 Å². The lowest BCUT2D eigenvalue weighted by Crippen LogP contribution is -2.58. The fourth-order valence-electron chi connectivity index (χ4n) is 5.77. The number of piperidine rings is 1. The first-order valence-electron chi connectivity index (χ1n) is 14.6. The number of hydrogen-bond acceptors (Lipinski definition) is 12. The summed E-state index contributed by atoms with van der Waals surface area (Å²) in [6.07, 6.45) is 0.904.